The Hall–Kier alpha value is -2.74. The van der Waals surface area contributed by atoms with Crippen molar-refractivity contribution < 1.29 is 14.1 Å². The summed E-state index contributed by atoms with van der Waals surface area (Å²) in [5.41, 5.74) is 1.21. The van der Waals surface area contributed by atoms with Crippen LogP contribution >= 0.6 is 0 Å². The SMILES string of the molecule is CCN(Cc1nc(COC)no1)C(=O)c1n[nH]c2ccccc12. The number of hydrogen-bond acceptors (Lipinski definition) is 6. The van der Waals surface area contributed by atoms with Gasteiger partial charge in [0.05, 0.1) is 5.52 Å². The number of hydrogen-bond donors (Lipinski definition) is 1. The Bertz CT molecular complexity index is 810. The minimum Gasteiger partial charge on any atom is -0.377 e. The van der Waals surface area contributed by atoms with Gasteiger partial charge in [-0.1, -0.05) is 23.4 Å². The lowest BCUT2D eigenvalue weighted by atomic mass is 10.2. The lowest BCUT2D eigenvalue weighted by molar-refractivity contribution is 0.0730. The molecule has 0 unspecified atom stereocenters. The molecule has 0 aliphatic carbocycles. The van der Waals surface area contributed by atoms with Crippen molar-refractivity contribution in [2.45, 2.75) is 20.1 Å². The maximum atomic E-state index is 12.7. The van der Waals surface area contributed by atoms with E-state index < -0.39 is 0 Å². The third kappa shape index (κ3) is 3.07. The quantitative estimate of drug-likeness (QED) is 0.744. The van der Waals surface area contributed by atoms with Gasteiger partial charge in [-0.3, -0.25) is 9.89 Å². The molecule has 0 saturated carbocycles. The summed E-state index contributed by atoms with van der Waals surface area (Å²) in [7, 11) is 1.56. The van der Waals surface area contributed by atoms with Crippen molar-refractivity contribution in [3.63, 3.8) is 0 Å². The van der Waals surface area contributed by atoms with Gasteiger partial charge in [0, 0.05) is 19.0 Å². The number of rotatable bonds is 6. The molecule has 0 bridgehead atoms. The van der Waals surface area contributed by atoms with Crippen molar-refractivity contribution in [3.05, 3.63) is 41.7 Å². The first-order valence-electron chi connectivity index (χ1n) is 7.25. The summed E-state index contributed by atoms with van der Waals surface area (Å²) in [5, 5.41) is 11.6. The summed E-state index contributed by atoms with van der Waals surface area (Å²) >= 11 is 0. The maximum absolute atomic E-state index is 12.7. The first kappa shape index (κ1) is 15.2. The lowest BCUT2D eigenvalue weighted by Crippen LogP contribution is -2.30. The molecule has 0 aliphatic heterocycles. The van der Waals surface area contributed by atoms with E-state index in [-0.39, 0.29) is 19.1 Å². The highest BCUT2D eigenvalue weighted by molar-refractivity contribution is 6.04. The van der Waals surface area contributed by atoms with E-state index in [9.17, 15) is 4.79 Å². The van der Waals surface area contributed by atoms with Gasteiger partial charge in [-0.15, -0.1) is 0 Å². The Labute approximate surface area is 132 Å². The maximum Gasteiger partial charge on any atom is 0.275 e. The summed E-state index contributed by atoms with van der Waals surface area (Å²) in [4.78, 5) is 18.5. The number of aromatic nitrogens is 4. The molecule has 3 rings (SSSR count). The third-order valence-electron chi connectivity index (χ3n) is 3.45. The molecule has 0 atom stereocenters. The number of fused-ring (bicyclic) bond motifs is 1. The molecule has 23 heavy (non-hydrogen) atoms. The van der Waals surface area contributed by atoms with Gasteiger partial charge in [-0.05, 0) is 13.0 Å². The van der Waals surface area contributed by atoms with Crippen LogP contribution in [-0.4, -0.2) is 44.8 Å². The summed E-state index contributed by atoms with van der Waals surface area (Å²) in [5.74, 6) is 0.639. The molecule has 8 nitrogen and oxygen atoms in total. The molecule has 0 radical (unpaired) electrons. The number of carbonyl (C=O) groups excluding carboxylic acids is 1. The average molecular weight is 315 g/mol. The fraction of sp³-hybridized carbons (Fsp3) is 0.333. The number of amides is 1. The number of aromatic amines is 1. The minimum absolute atomic E-state index is 0.184. The fourth-order valence-corrected chi connectivity index (χ4v) is 2.31. The topological polar surface area (TPSA) is 97.1 Å². The van der Waals surface area contributed by atoms with Crippen molar-refractivity contribution in [2.75, 3.05) is 13.7 Å². The molecule has 0 spiro atoms. The predicted octanol–water partition coefficient (Wildman–Crippen LogP) is 1.75. The highest BCUT2D eigenvalue weighted by Gasteiger charge is 2.22. The molecule has 0 aliphatic rings. The van der Waals surface area contributed by atoms with Crippen LogP contribution in [0.15, 0.2) is 28.8 Å². The molecular weight excluding hydrogens is 298 g/mol. The number of nitrogens with one attached hydrogen (secondary N) is 1. The number of nitrogens with zero attached hydrogens (tertiary/aromatic N) is 4. The number of para-hydroxylation sites is 1. The average Bonchev–Trinajstić information content (AvgIpc) is 3.19. The smallest absolute Gasteiger partial charge is 0.275 e. The Kier molecular flexibility index (Phi) is 4.33. The molecule has 0 saturated heterocycles. The van der Waals surface area contributed by atoms with Crippen LogP contribution in [0.25, 0.3) is 10.9 Å². The number of carbonyl (C=O) groups is 1. The van der Waals surface area contributed by atoms with Crippen LogP contribution in [0, 0.1) is 0 Å². The van der Waals surface area contributed by atoms with Gasteiger partial charge < -0.3 is 14.2 Å². The normalized spacial score (nSPS) is 11.0. The first-order chi connectivity index (χ1) is 11.2. The van der Waals surface area contributed by atoms with E-state index in [1.165, 1.54) is 0 Å². The second kappa shape index (κ2) is 6.57. The monoisotopic (exact) mass is 315 g/mol. The zero-order valence-electron chi connectivity index (χ0n) is 12.9. The Morgan fingerprint density at radius 1 is 1.39 bits per heavy atom. The molecular formula is C15H17N5O3. The second-order valence-electron chi connectivity index (χ2n) is 4.97. The van der Waals surface area contributed by atoms with Gasteiger partial charge in [0.2, 0.25) is 5.89 Å². The van der Waals surface area contributed by atoms with Gasteiger partial charge >= 0.3 is 0 Å². The summed E-state index contributed by atoms with van der Waals surface area (Å²) in [6, 6.07) is 7.51. The van der Waals surface area contributed by atoms with Crippen LogP contribution in [0.4, 0.5) is 0 Å². The van der Waals surface area contributed by atoms with Crippen molar-refractivity contribution in [1.29, 1.82) is 0 Å². The van der Waals surface area contributed by atoms with E-state index >= 15 is 0 Å². The van der Waals surface area contributed by atoms with E-state index in [0.29, 0.717) is 24.0 Å². The fourth-order valence-electron chi connectivity index (χ4n) is 2.31. The van der Waals surface area contributed by atoms with Crippen molar-refractivity contribution in [3.8, 4) is 0 Å². The molecule has 0 fully saturated rings. The molecule has 2 heterocycles. The van der Waals surface area contributed by atoms with E-state index in [0.717, 1.165) is 10.9 Å². The van der Waals surface area contributed by atoms with Crippen LogP contribution in [0.3, 0.4) is 0 Å². The molecule has 2 aromatic heterocycles. The lowest BCUT2D eigenvalue weighted by Gasteiger charge is -2.17. The highest BCUT2D eigenvalue weighted by Crippen LogP contribution is 2.17. The predicted molar refractivity (Wildman–Crippen MR) is 81.5 cm³/mol. The largest absolute Gasteiger partial charge is 0.377 e. The van der Waals surface area contributed by atoms with Crippen molar-refractivity contribution >= 4 is 16.8 Å². The standard InChI is InChI=1S/C15H17N5O3/c1-3-20(8-13-16-12(9-22-2)19-23-13)15(21)14-10-6-4-5-7-11(10)17-18-14/h4-7H,3,8-9H2,1-2H3,(H,17,18). The Morgan fingerprint density at radius 3 is 3.00 bits per heavy atom. The summed E-state index contributed by atoms with van der Waals surface area (Å²) < 4.78 is 10.1. The van der Waals surface area contributed by atoms with Crippen LogP contribution in [-0.2, 0) is 17.9 Å². The first-order valence-corrected chi connectivity index (χ1v) is 7.25. The summed E-state index contributed by atoms with van der Waals surface area (Å²) in [6.07, 6.45) is 0. The number of H-pyrrole nitrogens is 1. The molecule has 1 amide bonds. The Balaban J connectivity index is 1.80. The van der Waals surface area contributed by atoms with Crippen LogP contribution in [0.5, 0.6) is 0 Å². The van der Waals surface area contributed by atoms with Gasteiger partial charge in [0.15, 0.2) is 11.5 Å². The van der Waals surface area contributed by atoms with Crippen LogP contribution in [0.1, 0.15) is 29.1 Å². The van der Waals surface area contributed by atoms with Gasteiger partial charge in [0.1, 0.15) is 13.2 Å². The molecule has 1 aromatic carbocycles. The van der Waals surface area contributed by atoms with Crippen molar-refractivity contribution in [2.24, 2.45) is 0 Å². The van der Waals surface area contributed by atoms with E-state index in [1.807, 2.05) is 31.2 Å². The zero-order valence-corrected chi connectivity index (χ0v) is 12.9. The number of methoxy groups -OCH3 is 1. The number of benzene rings is 1. The molecule has 1 N–H and O–H groups in total. The minimum atomic E-state index is -0.184. The molecule has 3 aromatic rings. The van der Waals surface area contributed by atoms with Crippen LogP contribution < -0.4 is 0 Å². The van der Waals surface area contributed by atoms with E-state index in [2.05, 4.69) is 20.3 Å². The highest BCUT2D eigenvalue weighted by atomic mass is 16.5. The van der Waals surface area contributed by atoms with E-state index in [1.54, 1.807) is 12.0 Å². The van der Waals surface area contributed by atoms with Gasteiger partial charge in [0.25, 0.3) is 5.91 Å². The number of ether oxygens (including phenoxy) is 1. The zero-order chi connectivity index (χ0) is 16.2. The third-order valence-corrected chi connectivity index (χ3v) is 3.45. The van der Waals surface area contributed by atoms with Crippen molar-refractivity contribution in [1.82, 2.24) is 25.2 Å². The van der Waals surface area contributed by atoms with Crippen LogP contribution in [0.2, 0.25) is 0 Å². The molecule has 120 valence electrons. The Morgan fingerprint density at radius 2 is 2.22 bits per heavy atom. The van der Waals surface area contributed by atoms with Gasteiger partial charge in [-0.2, -0.15) is 10.1 Å². The molecule has 8 heteroatoms. The summed E-state index contributed by atoms with van der Waals surface area (Å²) in [6.45, 7) is 2.89. The van der Waals surface area contributed by atoms with E-state index in [4.69, 9.17) is 9.26 Å². The second-order valence-corrected chi connectivity index (χ2v) is 4.97. The van der Waals surface area contributed by atoms with Gasteiger partial charge in [-0.25, -0.2) is 0 Å².